The Morgan fingerprint density at radius 2 is 2.07 bits per heavy atom. The molecule has 0 saturated heterocycles. The van der Waals surface area contributed by atoms with E-state index in [4.69, 9.17) is 0 Å². The molecule has 0 spiro atoms. The predicted octanol–water partition coefficient (Wildman–Crippen LogP) is -0.995. The predicted molar refractivity (Wildman–Crippen MR) is 44.4 cm³/mol. The standard InChI is InChI=1S/C9H11NO4/c1-5-7(11)3-4-8(12)10(5)6(2)9(13)14/h3-4,6H,1-2H3,(H2,11,13,14)/t6-/m0/s1. The average molecular weight is 197 g/mol. The Labute approximate surface area is 80.9 Å². The van der Waals surface area contributed by atoms with Gasteiger partial charge in [-0.05, 0) is 6.07 Å². The molecule has 1 aromatic rings. The molecule has 1 aromatic heterocycles. The van der Waals surface area contributed by atoms with Gasteiger partial charge in [0.1, 0.15) is 5.97 Å². The first-order valence-corrected chi connectivity index (χ1v) is 4.09. The van der Waals surface area contributed by atoms with Crippen molar-refractivity contribution < 1.29 is 24.7 Å². The maximum absolute atomic E-state index is 10.6. The molecule has 1 rings (SSSR count). The lowest BCUT2D eigenvalue weighted by atomic mass is 10.2. The van der Waals surface area contributed by atoms with Gasteiger partial charge in [-0.1, -0.05) is 0 Å². The van der Waals surface area contributed by atoms with E-state index in [1.54, 1.807) is 0 Å². The number of aliphatic carboxylic acids is 1. The van der Waals surface area contributed by atoms with Crippen LogP contribution >= 0.6 is 0 Å². The first-order valence-electron chi connectivity index (χ1n) is 4.09. The Morgan fingerprint density at radius 3 is 2.57 bits per heavy atom. The zero-order valence-corrected chi connectivity index (χ0v) is 7.89. The van der Waals surface area contributed by atoms with Crippen LogP contribution in [0.5, 0.6) is 11.6 Å². The lowest BCUT2D eigenvalue weighted by Crippen LogP contribution is -2.49. The number of hydrogen-bond donors (Lipinski definition) is 2. The number of carbonyl (C=O) groups excluding carboxylic acids is 1. The summed E-state index contributed by atoms with van der Waals surface area (Å²) in [5, 5.41) is 29.3. The van der Waals surface area contributed by atoms with Crippen LogP contribution in [0.4, 0.5) is 0 Å². The summed E-state index contributed by atoms with van der Waals surface area (Å²) in [4.78, 5) is 10.6. The topological polar surface area (TPSA) is 84.5 Å². The van der Waals surface area contributed by atoms with E-state index in [9.17, 15) is 20.1 Å². The lowest BCUT2D eigenvalue weighted by Gasteiger charge is -2.11. The number of carboxylic acids is 1. The second-order valence-corrected chi connectivity index (χ2v) is 3.03. The molecule has 0 fully saturated rings. The number of carboxylic acid groups (broad SMARTS) is 1. The minimum Gasteiger partial charge on any atom is -0.543 e. The SMILES string of the molecule is Cc1c(O)ccc(O)[n+]1[C@@H](C)C(=O)[O-]. The van der Waals surface area contributed by atoms with Gasteiger partial charge in [-0.2, -0.15) is 4.57 Å². The molecule has 0 radical (unpaired) electrons. The van der Waals surface area contributed by atoms with E-state index in [0.717, 1.165) is 4.57 Å². The van der Waals surface area contributed by atoms with Crippen LogP contribution in [0.1, 0.15) is 18.7 Å². The minimum absolute atomic E-state index is 0.0732. The number of aromatic hydroxyl groups is 2. The van der Waals surface area contributed by atoms with E-state index in [0.29, 0.717) is 0 Å². The van der Waals surface area contributed by atoms with Gasteiger partial charge in [0.05, 0.1) is 6.07 Å². The maximum Gasteiger partial charge on any atom is 0.366 e. The van der Waals surface area contributed by atoms with Gasteiger partial charge in [0, 0.05) is 13.8 Å². The number of hydrogen-bond acceptors (Lipinski definition) is 4. The van der Waals surface area contributed by atoms with Crippen LogP contribution in [0.2, 0.25) is 0 Å². The van der Waals surface area contributed by atoms with Crippen molar-refractivity contribution >= 4 is 5.97 Å². The zero-order chi connectivity index (χ0) is 10.9. The molecule has 0 saturated carbocycles. The summed E-state index contributed by atoms with van der Waals surface area (Å²) in [6, 6.07) is 1.49. The fourth-order valence-corrected chi connectivity index (χ4v) is 1.24. The molecule has 0 aliphatic carbocycles. The van der Waals surface area contributed by atoms with Gasteiger partial charge in [0.15, 0.2) is 11.8 Å². The lowest BCUT2D eigenvalue weighted by molar-refractivity contribution is -0.723. The van der Waals surface area contributed by atoms with Gasteiger partial charge >= 0.3 is 5.88 Å². The summed E-state index contributed by atoms with van der Waals surface area (Å²) < 4.78 is 1.09. The summed E-state index contributed by atoms with van der Waals surface area (Å²) in [5.74, 6) is -1.62. The van der Waals surface area contributed by atoms with E-state index < -0.39 is 12.0 Å². The van der Waals surface area contributed by atoms with Crippen LogP contribution in [0.25, 0.3) is 0 Å². The molecule has 1 atom stereocenters. The molecule has 14 heavy (non-hydrogen) atoms. The van der Waals surface area contributed by atoms with Crippen molar-refractivity contribution in [1.29, 1.82) is 0 Å². The average Bonchev–Trinajstić information content (AvgIpc) is 2.12. The van der Waals surface area contributed by atoms with Crippen molar-refractivity contribution in [2.45, 2.75) is 19.9 Å². The Kier molecular flexibility index (Phi) is 2.60. The largest absolute Gasteiger partial charge is 0.543 e. The molecule has 76 valence electrons. The number of pyridine rings is 1. The molecule has 5 heteroatoms. The fraction of sp³-hybridized carbons (Fsp3) is 0.333. The van der Waals surface area contributed by atoms with Gasteiger partial charge in [0.2, 0.25) is 5.69 Å². The Hall–Kier alpha value is -1.78. The highest BCUT2D eigenvalue weighted by Crippen LogP contribution is 2.17. The Bertz CT molecular complexity index is 375. The van der Waals surface area contributed by atoms with Crippen LogP contribution in [0, 0.1) is 6.92 Å². The van der Waals surface area contributed by atoms with Gasteiger partial charge in [0.25, 0.3) is 0 Å². The van der Waals surface area contributed by atoms with Crippen molar-refractivity contribution in [2.75, 3.05) is 0 Å². The van der Waals surface area contributed by atoms with Crippen molar-refractivity contribution in [3.8, 4) is 11.6 Å². The molecule has 0 amide bonds. The normalized spacial score (nSPS) is 12.4. The smallest absolute Gasteiger partial charge is 0.366 e. The molecular formula is C9H11NO4. The molecule has 2 N–H and O–H groups in total. The maximum atomic E-state index is 10.6. The van der Waals surface area contributed by atoms with Gasteiger partial charge in [-0.3, -0.25) is 0 Å². The highest BCUT2D eigenvalue weighted by atomic mass is 16.4. The van der Waals surface area contributed by atoms with E-state index in [-0.39, 0.29) is 17.3 Å². The third kappa shape index (κ3) is 1.61. The van der Waals surface area contributed by atoms with Crippen molar-refractivity contribution in [3.63, 3.8) is 0 Å². The Morgan fingerprint density at radius 1 is 1.50 bits per heavy atom. The highest BCUT2D eigenvalue weighted by molar-refractivity contribution is 5.67. The molecular weight excluding hydrogens is 186 g/mol. The summed E-state index contributed by atoms with van der Waals surface area (Å²) in [5.41, 5.74) is 0.279. The number of aromatic nitrogens is 1. The number of rotatable bonds is 2. The van der Waals surface area contributed by atoms with Gasteiger partial charge < -0.3 is 20.1 Å². The van der Waals surface area contributed by atoms with Crippen molar-refractivity contribution in [1.82, 2.24) is 0 Å². The molecule has 1 heterocycles. The molecule has 0 aliphatic heterocycles. The summed E-state index contributed by atoms with van der Waals surface area (Å²) in [6.07, 6.45) is 0. The summed E-state index contributed by atoms with van der Waals surface area (Å²) >= 11 is 0. The van der Waals surface area contributed by atoms with Gasteiger partial charge in [-0.15, -0.1) is 0 Å². The van der Waals surface area contributed by atoms with Crippen molar-refractivity contribution in [3.05, 3.63) is 17.8 Å². The minimum atomic E-state index is -1.32. The molecule has 5 nitrogen and oxygen atoms in total. The van der Waals surface area contributed by atoms with Crippen LogP contribution in [0.15, 0.2) is 12.1 Å². The number of nitrogens with zero attached hydrogens (tertiary/aromatic N) is 1. The molecule has 0 unspecified atom stereocenters. The fourth-order valence-electron chi connectivity index (χ4n) is 1.24. The third-order valence-corrected chi connectivity index (χ3v) is 2.10. The second-order valence-electron chi connectivity index (χ2n) is 3.03. The van der Waals surface area contributed by atoms with Gasteiger partial charge in [-0.25, -0.2) is 0 Å². The first kappa shape index (κ1) is 10.3. The van der Waals surface area contributed by atoms with Crippen molar-refractivity contribution in [2.24, 2.45) is 0 Å². The van der Waals surface area contributed by atoms with Crippen LogP contribution in [-0.4, -0.2) is 16.2 Å². The van der Waals surface area contributed by atoms with E-state index in [1.165, 1.54) is 26.0 Å². The molecule has 0 aliphatic rings. The summed E-state index contributed by atoms with van der Waals surface area (Å²) in [6.45, 7) is 2.87. The number of carbonyl (C=O) groups is 1. The second kappa shape index (κ2) is 3.53. The quantitative estimate of drug-likeness (QED) is 0.596. The van der Waals surface area contributed by atoms with Crippen LogP contribution in [0.3, 0.4) is 0 Å². The molecule has 0 aromatic carbocycles. The Balaban J connectivity index is 3.32. The van der Waals surface area contributed by atoms with E-state index >= 15 is 0 Å². The molecule has 0 bridgehead atoms. The monoisotopic (exact) mass is 197 g/mol. The van der Waals surface area contributed by atoms with E-state index in [2.05, 4.69) is 0 Å². The summed E-state index contributed by atoms with van der Waals surface area (Å²) in [7, 11) is 0. The van der Waals surface area contributed by atoms with Crippen LogP contribution < -0.4 is 9.67 Å². The first-order chi connectivity index (χ1) is 6.45. The zero-order valence-electron chi connectivity index (χ0n) is 7.89. The van der Waals surface area contributed by atoms with Crippen LogP contribution in [-0.2, 0) is 4.79 Å². The highest BCUT2D eigenvalue weighted by Gasteiger charge is 2.24. The van der Waals surface area contributed by atoms with E-state index in [1.807, 2.05) is 0 Å². The third-order valence-electron chi connectivity index (χ3n) is 2.10.